The largest absolute Gasteiger partial charge is 0.389 e. The second-order valence-electron chi connectivity index (χ2n) is 5.10. The average Bonchev–Trinajstić information content (AvgIpc) is 2.15. The van der Waals surface area contributed by atoms with E-state index in [-0.39, 0.29) is 12.3 Å². The Bertz CT molecular complexity index is 196. The van der Waals surface area contributed by atoms with Crippen LogP contribution in [0.5, 0.6) is 0 Å². The van der Waals surface area contributed by atoms with Gasteiger partial charge in [-0.05, 0) is 18.8 Å². The minimum atomic E-state index is -0.801. The summed E-state index contributed by atoms with van der Waals surface area (Å²) in [7, 11) is 0. The predicted octanol–water partition coefficient (Wildman–Crippen LogP) is 2.48. The van der Waals surface area contributed by atoms with Crippen molar-refractivity contribution in [3.8, 4) is 0 Å². The normalized spacial score (nSPS) is 11.9. The molecule has 0 saturated carbocycles. The standard InChI is InChI=1S/C13H27NO2/c1-5-7-13(16,8-6-2)9-12(15)14-10-11(3)4/h11,16H,5-10H2,1-4H3,(H,14,15). The van der Waals surface area contributed by atoms with E-state index < -0.39 is 5.60 Å². The molecule has 0 saturated heterocycles. The van der Waals surface area contributed by atoms with Gasteiger partial charge in [-0.2, -0.15) is 0 Å². The molecule has 3 heteroatoms. The van der Waals surface area contributed by atoms with E-state index in [0.717, 1.165) is 12.8 Å². The number of carbonyl (C=O) groups excluding carboxylic acids is 1. The van der Waals surface area contributed by atoms with E-state index in [1.165, 1.54) is 0 Å². The molecule has 0 bridgehead atoms. The van der Waals surface area contributed by atoms with Crippen molar-refractivity contribution in [3.05, 3.63) is 0 Å². The summed E-state index contributed by atoms with van der Waals surface area (Å²) in [6, 6.07) is 0. The van der Waals surface area contributed by atoms with Gasteiger partial charge < -0.3 is 10.4 Å². The highest BCUT2D eigenvalue weighted by atomic mass is 16.3. The Morgan fingerprint density at radius 3 is 2.12 bits per heavy atom. The molecule has 0 aromatic heterocycles. The number of hydrogen-bond acceptors (Lipinski definition) is 2. The van der Waals surface area contributed by atoms with Crippen LogP contribution in [0.25, 0.3) is 0 Å². The van der Waals surface area contributed by atoms with Gasteiger partial charge in [0.05, 0.1) is 12.0 Å². The maximum Gasteiger partial charge on any atom is 0.222 e. The third-order valence-corrected chi connectivity index (χ3v) is 2.63. The summed E-state index contributed by atoms with van der Waals surface area (Å²) in [5, 5.41) is 13.1. The van der Waals surface area contributed by atoms with Crippen LogP contribution in [-0.2, 0) is 4.79 Å². The Kier molecular flexibility index (Phi) is 7.39. The lowest BCUT2D eigenvalue weighted by Gasteiger charge is -2.27. The highest BCUT2D eigenvalue weighted by molar-refractivity contribution is 5.76. The van der Waals surface area contributed by atoms with E-state index in [9.17, 15) is 9.90 Å². The molecule has 0 aliphatic heterocycles. The fourth-order valence-corrected chi connectivity index (χ4v) is 1.91. The zero-order chi connectivity index (χ0) is 12.6. The predicted molar refractivity (Wildman–Crippen MR) is 67.2 cm³/mol. The number of rotatable bonds is 8. The molecule has 0 aromatic rings. The smallest absolute Gasteiger partial charge is 0.222 e. The first-order valence-corrected chi connectivity index (χ1v) is 6.42. The Morgan fingerprint density at radius 2 is 1.75 bits per heavy atom. The van der Waals surface area contributed by atoms with Crippen LogP contribution in [0.3, 0.4) is 0 Å². The molecule has 0 aliphatic carbocycles. The van der Waals surface area contributed by atoms with Gasteiger partial charge >= 0.3 is 0 Å². The van der Waals surface area contributed by atoms with E-state index in [0.29, 0.717) is 25.3 Å². The van der Waals surface area contributed by atoms with Crippen molar-refractivity contribution in [2.75, 3.05) is 6.54 Å². The van der Waals surface area contributed by atoms with Crippen molar-refractivity contribution >= 4 is 5.91 Å². The molecule has 96 valence electrons. The molecule has 1 amide bonds. The number of amides is 1. The first kappa shape index (κ1) is 15.4. The average molecular weight is 229 g/mol. The molecule has 0 aliphatic rings. The molecule has 0 spiro atoms. The molecule has 0 fully saturated rings. The first-order chi connectivity index (χ1) is 7.43. The number of aliphatic hydroxyl groups is 1. The molecule has 2 N–H and O–H groups in total. The van der Waals surface area contributed by atoms with Crippen molar-refractivity contribution in [2.45, 2.75) is 65.4 Å². The van der Waals surface area contributed by atoms with E-state index in [1.54, 1.807) is 0 Å². The topological polar surface area (TPSA) is 49.3 Å². The Hall–Kier alpha value is -0.570. The summed E-state index contributed by atoms with van der Waals surface area (Å²) in [5.41, 5.74) is -0.801. The lowest BCUT2D eigenvalue weighted by Crippen LogP contribution is -2.37. The minimum absolute atomic E-state index is 0.0295. The fourth-order valence-electron chi connectivity index (χ4n) is 1.91. The molecule has 16 heavy (non-hydrogen) atoms. The number of nitrogens with one attached hydrogen (secondary N) is 1. The molecule has 0 aromatic carbocycles. The molecular weight excluding hydrogens is 202 g/mol. The molecular formula is C13H27NO2. The van der Waals surface area contributed by atoms with Crippen molar-refractivity contribution in [3.63, 3.8) is 0 Å². The summed E-state index contributed by atoms with van der Waals surface area (Å²) in [6.07, 6.45) is 3.47. The van der Waals surface area contributed by atoms with Crippen LogP contribution in [0.2, 0.25) is 0 Å². The highest BCUT2D eigenvalue weighted by Gasteiger charge is 2.27. The van der Waals surface area contributed by atoms with E-state index in [1.807, 2.05) is 13.8 Å². The molecule has 0 radical (unpaired) electrons. The summed E-state index contributed by atoms with van der Waals surface area (Å²) in [6.45, 7) is 8.88. The van der Waals surface area contributed by atoms with Crippen molar-refractivity contribution in [1.82, 2.24) is 5.32 Å². The van der Waals surface area contributed by atoms with Gasteiger partial charge in [-0.25, -0.2) is 0 Å². The first-order valence-electron chi connectivity index (χ1n) is 6.42. The molecule has 0 unspecified atom stereocenters. The van der Waals surface area contributed by atoms with Crippen molar-refractivity contribution in [2.24, 2.45) is 5.92 Å². The Morgan fingerprint density at radius 1 is 1.25 bits per heavy atom. The van der Waals surface area contributed by atoms with Gasteiger partial charge in [0.1, 0.15) is 0 Å². The lowest BCUT2D eigenvalue weighted by molar-refractivity contribution is -0.126. The van der Waals surface area contributed by atoms with Crippen LogP contribution < -0.4 is 5.32 Å². The monoisotopic (exact) mass is 229 g/mol. The van der Waals surface area contributed by atoms with Crippen molar-refractivity contribution in [1.29, 1.82) is 0 Å². The SMILES string of the molecule is CCCC(O)(CCC)CC(=O)NCC(C)C. The Balaban J connectivity index is 4.12. The van der Waals surface area contributed by atoms with Crippen LogP contribution >= 0.6 is 0 Å². The van der Waals surface area contributed by atoms with E-state index in [4.69, 9.17) is 0 Å². The summed E-state index contributed by atoms with van der Waals surface area (Å²) in [5.74, 6) is 0.424. The number of carbonyl (C=O) groups is 1. The Labute approximate surface area is 99.6 Å². The van der Waals surface area contributed by atoms with Gasteiger partial charge in [0.25, 0.3) is 0 Å². The van der Waals surface area contributed by atoms with Gasteiger partial charge in [-0.3, -0.25) is 4.79 Å². The van der Waals surface area contributed by atoms with E-state index in [2.05, 4.69) is 19.2 Å². The van der Waals surface area contributed by atoms with Crippen molar-refractivity contribution < 1.29 is 9.90 Å². The van der Waals surface area contributed by atoms with Gasteiger partial charge in [0.2, 0.25) is 5.91 Å². The van der Waals surface area contributed by atoms with Crippen LogP contribution in [0.4, 0.5) is 0 Å². The summed E-state index contributed by atoms with van der Waals surface area (Å²) in [4.78, 5) is 11.6. The van der Waals surface area contributed by atoms with Gasteiger partial charge in [-0.15, -0.1) is 0 Å². The van der Waals surface area contributed by atoms with Gasteiger partial charge in [0.15, 0.2) is 0 Å². The fraction of sp³-hybridized carbons (Fsp3) is 0.923. The summed E-state index contributed by atoms with van der Waals surface area (Å²) >= 11 is 0. The molecule has 0 atom stereocenters. The second kappa shape index (κ2) is 7.66. The van der Waals surface area contributed by atoms with Crippen LogP contribution in [0.1, 0.15) is 59.8 Å². The minimum Gasteiger partial charge on any atom is -0.389 e. The maximum atomic E-state index is 11.6. The van der Waals surface area contributed by atoms with Crippen LogP contribution in [-0.4, -0.2) is 23.2 Å². The molecule has 0 heterocycles. The zero-order valence-corrected chi connectivity index (χ0v) is 11.2. The molecule has 0 rings (SSSR count). The zero-order valence-electron chi connectivity index (χ0n) is 11.2. The maximum absolute atomic E-state index is 11.6. The highest BCUT2D eigenvalue weighted by Crippen LogP contribution is 2.23. The van der Waals surface area contributed by atoms with Crippen LogP contribution in [0.15, 0.2) is 0 Å². The van der Waals surface area contributed by atoms with Gasteiger partial charge in [-0.1, -0.05) is 40.5 Å². The third-order valence-electron chi connectivity index (χ3n) is 2.63. The molecule has 3 nitrogen and oxygen atoms in total. The van der Waals surface area contributed by atoms with Crippen LogP contribution in [0, 0.1) is 5.92 Å². The summed E-state index contributed by atoms with van der Waals surface area (Å²) < 4.78 is 0. The lowest BCUT2D eigenvalue weighted by atomic mass is 9.89. The van der Waals surface area contributed by atoms with Gasteiger partial charge in [0, 0.05) is 6.54 Å². The second-order valence-corrected chi connectivity index (χ2v) is 5.10. The third kappa shape index (κ3) is 6.83. The quantitative estimate of drug-likeness (QED) is 0.672. The number of hydrogen-bond donors (Lipinski definition) is 2. The van der Waals surface area contributed by atoms with E-state index >= 15 is 0 Å².